The number of nitrogens with two attached hydrogens (primary N) is 1. The van der Waals surface area contributed by atoms with Gasteiger partial charge in [-0.05, 0) is 31.1 Å². The molecule has 0 amide bonds. The number of rotatable bonds is 5. The van der Waals surface area contributed by atoms with Crippen LogP contribution in [0.1, 0.15) is 51.4 Å². The molecule has 2 unspecified atom stereocenters. The highest BCUT2D eigenvalue weighted by Crippen LogP contribution is 2.30. The van der Waals surface area contributed by atoms with Crippen LogP contribution in [-0.2, 0) is 9.84 Å². The Morgan fingerprint density at radius 2 is 1.72 bits per heavy atom. The Morgan fingerprint density at radius 1 is 1.06 bits per heavy atom. The van der Waals surface area contributed by atoms with E-state index in [2.05, 4.69) is 5.43 Å². The van der Waals surface area contributed by atoms with Gasteiger partial charge in [-0.15, -0.1) is 0 Å². The summed E-state index contributed by atoms with van der Waals surface area (Å²) >= 11 is 0. The van der Waals surface area contributed by atoms with Crippen LogP contribution in [0.15, 0.2) is 0 Å². The van der Waals surface area contributed by atoms with E-state index < -0.39 is 9.84 Å². The summed E-state index contributed by atoms with van der Waals surface area (Å²) in [4.78, 5) is 0. The number of sulfone groups is 1. The van der Waals surface area contributed by atoms with Crippen LogP contribution in [0.5, 0.6) is 0 Å². The zero-order valence-electron chi connectivity index (χ0n) is 11.1. The standard InChI is InChI=1S/C13H26N2O2S/c14-15-13(8-11-4-2-1-3-5-11)9-12-6-7-18(16,17)10-12/h11-13,15H,1-10,14H2. The fourth-order valence-electron chi connectivity index (χ4n) is 3.52. The smallest absolute Gasteiger partial charge is 0.150 e. The Hall–Kier alpha value is -0.130. The van der Waals surface area contributed by atoms with Crippen LogP contribution < -0.4 is 11.3 Å². The predicted molar refractivity (Wildman–Crippen MR) is 73.7 cm³/mol. The van der Waals surface area contributed by atoms with Gasteiger partial charge < -0.3 is 0 Å². The van der Waals surface area contributed by atoms with E-state index >= 15 is 0 Å². The molecule has 0 radical (unpaired) electrons. The average molecular weight is 274 g/mol. The van der Waals surface area contributed by atoms with Crippen molar-refractivity contribution in [3.63, 3.8) is 0 Å². The number of hydrazine groups is 1. The van der Waals surface area contributed by atoms with Crippen LogP contribution in [0, 0.1) is 11.8 Å². The van der Waals surface area contributed by atoms with E-state index in [-0.39, 0.29) is 0 Å². The van der Waals surface area contributed by atoms with E-state index in [1.807, 2.05) is 0 Å². The van der Waals surface area contributed by atoms with Crippen LogP contribution in [-0.4, -0.2) is 26.0 Å². The highest BCUT2D eigenvalue weighted by molar-refractivity contribution is 7.91. The van der Waals surface area contributed by atoms with Crippen molar-refractivity contribution in [2.24, 2.45) is 17.7 Å². The van der Waals surface area contributed by atoms with Crippen molar-refractivity contribution in [3.05, 3.63) is 0 Å². The topological polar surface area (TPSA) is 72.2 Å². The molecule has 0 aromatic heterocycles. The van der Waals surface area contributed by atoms with Gasteiger partial charge in [0.1, 0.15) is 0 Å². The van der Waals surface area contributed by atoms with Crippen molar-refractivity contribution in [1.29, 1.82) is 0 Å². The van der Waals surface area contributed by atoms with Crippen molar-refractivity contribution < 1.29 is 8.42 Å². The number of nitrogens with one attached hydrogen (secondary N) is 1. The Kier molecular flexibility index (Phi) is 5.04. The van der Waals surface area contributed by atoms with Gasteiger partial charge in [-0.25, -0.2) is 8.42 Å². The summed E-state index contributed by atoms with van der Waals surface area (Å²) in [5, 5.41) is 0. The summed E-state index contributed by atoms with van der Waals surface area (Å²) in [5.41, 5.74) is 2.91. The number of hydrogen-bond acceptors (Lipinski definition) is 4. The molecule has 1 heterocycles. The molecule has 0 aromatic carbocycles. The fourth-order valence-corrected chi connectivity index (χ4v) is 5.40. The minimum absolute atomic E-state index is 0.298. The largest absolute Gasteiger partial charge is 0.271 e. The first-order chi connectivity index (χ1) is 8.59. The Bertz CT molecular complexity index is 350. The maximum atomic E-state index is 11.4. The molecule has 106 valence electrons. The molecular weight excluding hydrogens is 248 g/mol. The van der Waals surface area contributed by atoms with Gasteiger partial charge in [-0.2, -0.15) is 0 Å². The lowest BCUT2D eigenvalue weighted by atomic mass is 9.83. The summed E-state index contributed by atoms with van der Waals surface area (Å²) in [6.07, 6.45) is 9.57. The SMILES string of the molecule is NNC(CC1CCCCC1)CC1CCS(=O)(=O)C1. The Balaban J connectivity index is 1.78. The summed E-state index contributed by atoms with van der Waals surface area (Å²) in [5.74, 6) is 7.49. The second-order valence-electron chi connectivity index (χ2n) is 6.11. The third kappa shape index (κ3) is 4.21. The van der Waals surface area contributed by atoms with Gasteiger partial charge in [0, 0.05) is 6.04 Å². The molecule has 4 nitrogen and oxygen atoms in total. The monoisotopic (exact) mass is 274 g/mol. The first-order valence-electron chi connectivity index (χ1n) is 7.25. The zero-order chi connectivity index (χ0) is 13.0. The second kappa shape index (κ2) is 6.35. The molecule has 0 bridgehead atoms. The summed E-state index contributed by atoms with van der Waals surface area (Å²) in [6, 6.07) is 0.298. The molecule has 1 saturated carbocycles. The molecule has 0 aromatic rings. The molecule has 2 rings (SSSR count). The molecule has 1 aliphatic heterocycles. The van der Waals surface area contributed by atoms with Gasteiger partial charge in [0.2, 0.25) is 0 Å². The van der Waals surface area contributed by atoms with Crippen molar-refractivity contribution in [2.45, 2.75) is 57.4 Å². The van der Waals surface area contributed by atoms with E-state index in [1.54, 1.807) is 0 Å². The van der Waals surface area contributed by atoms with Gasteiger partial charge in [0.15, 0.2) is 9.84 Å². The molecule has 2 aliphatic rings. The number of hydrogen-bond donors (Lipinski definition) is 2. The highest BCUT2D eigenvalue weighted by atomic mass is 32.2. The van der Waals surface area contributed by atoms with E-state index in [4.69, 9.17) is 5.84 Å². The lowest BCUT2D eigenvalue weighted by Crippen LogP contribution is -2.38. The van der Waals surface area contributed by atoms with Crippen molar-refractivity contribution >= 4 is 9.84 Å². The third-order valence-electron chi connectivity index (χ3n) is 4.52. The van der Waals surface area contributed by atoms with E-state index in [0.29, 0.717) is 23.5 Å². The van der Waals surface area contributed by atoms with Gasteiger partial charge in [0.25, 0.3) is 0 Å². The molecule has 1 aliphatic carbocycles. The van der Waals surface area contributed by atoms with Crippen molar-refractivity contribution in [3.8, 4) is 0 Å². The van der Waals surface area contributed by atoms with Gasteiger partial charge in [0.05, 0.1) is 11.5 Å². The molecule has 2 fully saturated rings. The minimum Gasteiger partial charge on any atom is -0.271 e. The van der Waals surface area contributed by atoms with Crippen LogP contribution in [0.25, 0.3) is 0 Å². The van der Waals surface area contributed by atoms with Crippen LogP contribution in [0.2, 0.25) is 0 Å². The molecule has 3 N–H and O–H groups in total. The van der Waals surface area contributed by atoms with Crippen molar-refractivity contribution in [2.75, 3.05) is 11.5 Å². The van der Waals surface area contributed by atoms with Gasteiger partial charge >= 0.3 is 0 Å². The quantitative estimate of drug-likeness (QED) is 0.590. The maximum Gasteiger partial charge on any atom is 0.150 e. The van der Waals surface area contributed by atoms with Gasteiger partial charge in [-0.3, -0.25) is 11.3 Å². The normalized spacial score (nSPS) is 30.4. The summed E-state index contributed by atoms with van der Waals surface area (Å²) in [6.45, 7) is 0. The minimum atomic E-state index is -2.75. The van der Waals surface area contributed by atoms with E-state index in [0.717, 1.165) is 25.2 Å². The zero-order valence-corrected chi connectivity index (χ0v) is 11.9. The fraction of sp³-hybridized carbons (Fsp3) is 1.00. The summed E-state index contributed by atoms with van der Waals surface area (Å²) in [7, 11) is -2.75. The maximum absolute atomic E-state index is 11.4. The van der Waals surface area contributed by atoms with Crippen LogP contribution in [0.3, 0.4) is 0 Å². The van der Waals surface area contributed by atoms with Crippen molar-refractivity contribution in [1.82, 2.24) is 5.43 Å². The lowest BCUT2D eigenvalue weighted by molar-refractivity contribution is 0.277. The molecule has 0 spiro atoms. The van der Waals surface area contributed by atoms with E-state index in [1.165, 1.54) is 32.1 Å². The first-order valence-corrected chi connectivity index (χ1v) is 9.08. The lowest BCUT2D eigenvalue weighted by Gasteiger charge is -2.27. The second-order valence-corrected chi connectivity index (χ2v) is 8.34. The predicted octanol–water partition coefficient (Wildman–Crippen LogP) is 1.61. The Morgan fingerprint density at radius 3 is 2.28 bits per heavy atom. The van der Waals surface area contributed by atoms with Crippen LogP contribution >= 0.6 is 0 Å². The average Bonchev–Trinajstić information content (AvgIpc) is 2.69. The molecule has 18 heavy (non-hydrogen) atoms. The molecule has 2 atom stereocenters. The molecule has 1 saturated heterocycles. The molecule has 5 heteroatoms. The third-order valence-corrected chi connectivity index (χ3v) is 6.36. The van der Waals surface area contributed by atoms with Crippen LogP contribution in [0.4, 0.5) is 0 Å². The molecular formula is C13H26N2O2S. The first kappa shape index (κ1) is 14.3. The highest BCUT2D eigenvalue weighted by Gasteiger charge is 2.30. The van der Waals surface area contributed by atoms with Gasteiger partial charge in [-0.1, -0.05) is 32.1 Å². The van der Waals surface area contributed by atoms with E-state index in [9.17, 15) is 8.42 Å². The summed E-state index contributed by atoms with van der Waals surface area (Å²) < 4.78 is 22.9. The Labute approximate surface area is 111 Å².